The van der Waals surface area contributed by atoms with Crippen LogP contribution < -0.4 is 0 Å². The zero-order chi connectivity index (χ0) is 14.7. The van der Waals surface area contributed by atoms with Gasteiger partial charge in [-0.15, -0.1) is 11.3 Å². The van der Waals surface area contributed by atoms with Crippen LogP contribution in [-0.2, 0) is 13.0 Å². The Morgan fingerprint density at radius 2 is 2.05 bits per heavy atom. The van der Waals surface area contributed by atoms with E-state index in [0.29, 0.717) is 0 Å². The minimum absolute atomic E-state index is 0.719. The Morgan fingerprint density at radius 3 is 2.81 bits per heavy atom. The molecule has 0 N–H and O–H groups in total. The van der Waals surface area contributed by atoms with Crippen molar-refractivity contribution in [1.82, 2.24) is 9.88 Å². The van der Waals surface area contributed by atoms with Crippen LogP contribution in [0.2, 0.25) is 0 Å². The van der Waals surface area contributed by atoms with Crippen molar-refractivity contribution in [1.29, 1.82) is 0 Å². The molecule has 0 amide bonds. The van der Waals surface area contributed by atoms with Gasteiger partial charge in [0.25, 0.3) is 0 Å². The molecular weight excluding hydrogens is 276 g/mol. The number of rotatable bonds is 2. The standard InChI is InChI=1S/C18H20N2S/c1-14(2)12-20-11-10-16-17(13-20)21-18(19-16)9-8-15-6-4-3-5-7-15/h3-7,14H,10-13H2,1-2H3. The molecule has 2 aromatic rings. The summed E-state index contributed by atoms with van der Waals surface area (Å²) >= 11 is 1.76. The number of hydrogen-bond acceptors (Lipinski definition) is 3. The second-order valence-electron chi connectivity index (χ2n) is 5.88. The minimum atomic E-state index is 0.719. The van der Waals surface area contributed by atoms with Crippen molar-refractivity contribution in [3.05, 3.63) is 51.5 Å². The summed E-state index contributed by atoms with van der Waals surface area (Å²) in [4.78, 5) is 8.63. The van der Waals surface area contributed by atoms with Crippen LogP contribution >= 0.6 is 11.3 Å². The van der Waals surface area contributed by atoms with Gasteiger partial charge in [-0.1, -0.05) is 38.0 Å². The molecule has 0 unspecified atom stereocenters. The Bertz CT molecular complexity index is 662. The second-order valence-corrected chi connectivity index (χ2v) is 6.97. The van der Waals surface area contributed by atoms with Gasteiger partial charge in [0.2, 0.25) is 0 Å². The van der Waals surface area contributed by atoms with Gasteiger partial charge in [0, 0.05) is 36.5 Å². The van der Waals surface area contributed by atoms with E-state index in [-0.39, 0.29) is 0 Å². The molecule has 0 bridgehead atoms. The summed E-state index contributed by atoms with van der Waals surface area (Å²) in [6, 6.07) is 10.1. The predicted molar refractivity (Wildman–Crippen MR) is 88.4 cm³/mol. The van der Waals surface area contributed by atoms with Crippen molar-refractivity contribution in [2.75, 3.05) is 13.1 Å². The first-order valence-corrected chi connectivity index (χ1v) is 8.30. The van der Waals surface area contributed by atoms with E-state index in [1.165, 1.54) is 17.1 Å². The maximum absolute atomic E-state index is 4.70. The summed E-state index contributed by atoms with van der Waals surface area (Å²) in [5.41, 5.74) is 2.31. The molecule has 0 aliphatic carbocycles. The summed E-state index contributed by atoms with van der Waals surface area (Å²) < 4.78 is 0. The molecular formula is C18H20N2S. The average molecular weight is 296 g/mol. The van der Waals surface area contributed by atoms with Crippen LogP contribution in [0, 0.1) is 17.8 Å². The number of thiazole rings is 1. The highest BCUT2D eigenvalue weighted by Crippen LogP contribution is 2.25. The fourth-order valence-electron chi connectivity index (χ4n) is 2.62. The number of nitrogens with zero attached hydrogens (tertiary/aromatic N) is 2. The molecule has 1 aromatic heterocycles. The van der Waals surface area contributed by atoms with E-state index in [9.17, 15) is 0 Å². The van der Waals surface area contributed by atoms with E-state index in [0.717, 1.165) is 36.0 Å². The SMILES string of the molecule is CC(C)CN1CCc2nc(C#Cc3ccccc3)sc2C1. The summed E-state index contributed by atoms with van der Waals surface area (Å²) in [6.07, 6.45) is 1.06. The Labute approximate surface area is 130 Å². The minimum Gasteiger partial charge on any atom is -0.298 e. The molecule has 2 heterocycles. The smallest absolute Gasteiger partial charge is 0.167 e. The van der Waals surface area contributed by atoms with Gasteiger partial charge >= 0.3 is 0 Å². The van der Waals surface area contributed by atoms with E-state index >= 15 is 0 Å². The lowest BCUT2D eigenvalue weighted by Gasteiger charge is -2.27. The first-order valence-electron chi connectivity index (χ1n) is 7.48. The maximum Gasteiger partial charge on any atom is 0.167 e. The Hall–Kier alpha value is -1.63. The van der Waals surface area contributed by atoms with Crippen LogP contribution in [0.4, 0.5) is 0 Å². The average Bonchev–Trinajstić information content (AvgIpc) is 2.88. The van der Waals surface area contributed by atoms with Crippen molar-refractivity contribution >= 4 is 11.3 Å². The molecule has 0 saturated heterocycles. The van der Waals surface area contributed by atoms with Gasteiger partial charge in [0.05, 0.1) is 5.69 Å². The molecule has 1 aliphatic heterocycles. The van der Waals surface area contributed by atoms with Crippen molar-refractivity contribution in [2.45, 2.75) is 26.8 Å². The number of benzene rings is 1. The van der Waals surface area contributed by atoms with Gasteiger partial charge in [0.15, 0.2) is 5.01 Å². The van der Waals surface area contributed by atoms with Crippen molar-refractivity contribution in [3.8, 4) is 11.8 Å². The lowest BCUT2D eigenvalue weighted by molar-refractivity contribution is 0.228. The number of aromatic nitrogens is 1. The maximum atomic E-state index is 4.70. The number of hydrogen-bond donors (Lipinski definition) is 0. The zero-order valence-electron chi connectivity index (χ0n) is 12.6. The highest BCUT2D eigenvalue weighted by molar-refractivity contribution is 7.12. The second kappa shape index (κ2) is 6.43. The van der Waals surface area contributed by atoms with Crippen LogP contribution in [-0.4, -0.2) is 23.0 Å². The Balaban J connectivity index is 1.74. The van der Waals surface area contributed by atoms with Crippen LogP contribution in [0.5, 0.6) is 0 Å². The molecule has 108 valence electrons. The van der Waals surface area contributed by atoms with Crippen molar-refractivity contribution in [3.63, 3.8) is 0 Å². The van der Waals surface area contributed by atoms with Crippen LogP contribution in [0.25, 0.3) is 0 Å². The molecule has 0 fully saturated rings. The van der Waals surface area contributed by atoms with Gasteiger partial charge in [-0.2, -0.15) is 0 Å². The topological polar surface area (TPSA) is 16.1 Å². The molecule has 3 rings (SSSR count). The third-order valence-electron chi connectivity index (χ3n) is 3.52. The molecule has 1 aliphatic rings. The molecule has 0 radical (unpaired) electrons. The highest BCUT2D eigenvalue weighted by atomic mass is 32.1. The summed E-state index contributed by atoms with van der Waals surface area (Å²) in [7, 11) is 0. The summed E-state index contributed by atoms with van der Waals surface area (Å²) in [5, 5.41) is 0.954. The molecule has 3 heteroatoms. The largest absolute Gasteiger partial charge is 0.298 e. The number of fused-ring (bicyclic) bond motifs is 1. The Morgan fingerprint density at radius 1 is 1.24 bits per heavy atom. The van der Waals surface area contributed by atoms with Gasteiger partial charge in [-0.3, -0.25) is 4.90 Å². The molecule has 21 heavy (non-hydrogen) atoms. The lowest BCUT2D eigenvalue weighted by atomic mass is 10.1. The zero-order valence-corrected chi connectivity index (χ0v) is 13.4. The van der Waals surface area contributed by atoms with E-state index in [1.54, 1.807) is 11.3 Å². The van der Waals surface area contributed by atoms with Crippen LogP contribution in [0.15, 0.2) is 30.3 Å². The Kier molecular flexibility index (Phi) is 4.38. The normalized spacial score (nSPS) is 14.6. The predicted octanol–water partition coefficient (Wildman–Crippen LogP) is 3.56. The molecule has 1 aromatic carbocycles. The molecule has 0 atom stereocenters. The third kappa shape index (κ3) is 3.72. The fraction of sp³-hybridized carbons (Fsp3) is 0.389. The van der Waals surface area contributed by atoms with E-state index in [2.05, 4.69) is 30.6 Å². The van der Waals surface area contributed by atoms with Gasteiger partial charge in [-0.25, -0.2) is 4.98 Å². The lowest BCUT2D eigenvalue weighted by Crippen LogP contribution is -2.32. The monoisotopic (exact) mass is 296 g/mol. The molecule has 0 saturated carbocycles. The van der Waals surface area contributed by atoms with E-state index < -0.39 is 0 Å². The van der Waals surface area contributed by atoms with Crippen LogP contribution in [0.3, 0.4) is 0 Å². The first kappa shape index (κ1) is 14.3. The first-order chi connectivity index (χ1) is 10.2. The fourth-order valence-corrected chi connectivity index (χ4v) is 3.63. The van der Waals surface area contributed by atoms with Gasteiger partial charge < -0.3 is 0 Å². The molecule has 2 nitrogen and oxygen atoms in total. The highest BCUT2D eigenvalue weighted by Gasteiger charge is 2.20. The van der Waals surface area contributed by atoms with Crippen LogP contribution in [0.1, 0.15) is 35.0 Å². The van der Waals surface area contributed by atoms with Crippen molar-refractivity contribution < 1.29 is 0 Å². The van der Waals surface area contributed by atoms with Gasteiger partial charge in [-0.05, 0) is 24.0 Å². The summed E-state index contributed by atoms with van der Waals surface area (Å²) in [5.74, 6) is 7.13. The molecule has 0 spiro atoms. The van der Waals surface area contributed by atoms with E-state index in [1.807, 2.05) is 30.3 Å². The summed E-state index contributed by atoms with van der Waals surface area (Å²) in [6.45, 7) is 7.89. The third-order valence-corrected chi connectivity index (χ3v) is 4.52. The van der Waals surface area contributed by atoms with Gasteiger partial charge in [0.1, 0.15) is 0 Å². The van der Waals surface area contributed by atoms with Crippen molar-refractivity contribution in [2.24, 2.45) is 5.92 Å². The van der Waals surface area contributed by atoms with E-state index in [4.69, 9.17) is 4.98 Å². The quantitative estimate of drug-likeness (QED) is 0.788.